The highest BCUT2D eigenvalue weighted by Gasteiger charge is 2.25. The summed E-state index contributed by atoms with van der Waals surface area (Å²) in [6.07, 6.45) is 0. The van der Waals surface area contributed by atoms with Crippen LogP contribution in [0.5, 0.6) is 0 Å². The van der Waals surface area contributed by atoms with Gasteiger partial charge in [0, 0.05) is 25.5 Å². The largest absolute Gasteiger partial charge is 0.302 e. The van der Waals surface area contributed by atoms with Gasteiger partial charge in [-0.1, -0.05) is 13.8 Å². The van der Waals surface area contributed by atoms with Crippen LogP contribution < -0.4 is 0 Å². The van der Waals surface area contributed by atoms with Crippen molar-refractivity contribution in [3.63, 3.8) is 0 Å². The van der Waals surface area contributed by atoms with Gasteiger partial charge < -0.3 is 4.90 Å². The second-order valence-electron chi connectivity index (χ2n) is 3.63. The molecule has 0 bridgehead atoms. The molecule has 0 unspecified atom stereocenters. The molecule has 1 saturated heterocycles. The van der Waals surface area contributed by atoms with Crippen molar-refractivity contribution >= 4 is 11.6 Å². The number of likely N-dealkylation sites (tertiary alicyclic amines) is 1. The van der Waals surface area contributed by atoms with Crippen LogP contribution in [0, 0.1) is 11.8 Å². The number of nitrogens with zero attached hydrogens (tertiary/aromatic N) is 1. The molecule has 1 nitrogen and oxygen atoms in total. The van der Waals surface area contributed by atoms with Crippen molar-refractivity contribution in [2.24, 2.45) is 11.8 Å². The van der Waals surface area contributed by atoms with Crippen LogP contribution in [0.15, 0.2) is 0 Å². The van der Waals surface area contributed by atoms with Gasteiger partial charge in [0.1, 0.15) is 0 Å². The van der Waals surface area contributed by atoms with Crippen molar-refractivity contribution < 1.29 is 0 Å². The Bertz CT molecular complexity index is 97.4. The summed E-state index contributed by atoms with van der Waals surface area (Å²) in [5.74, 6) is 2.42. The van der Waals surface area contributed by atoms with E-state index in [0.29, 0.717) is 0 Å². The van der Waals surface area contributed by atoms with Crippen molar-refractivity contribution in [1.29, 1.82) is 0 Å². The molecule has 0 radical (unpaired) electrons. The molecule has 1 fully saturated rings. The summed E-state index contributed by atoms with van der Waals surface area (Å²) in [4.78, 5) is 2.47. The predicted octanol–water partition coefficient (Wildman–Crippen LogP) is 1.81. The fourth-order valence-corrected chi connectivity index (χ4v) is 1.64. The number of halogens is 1. The van der Waals surface area contributed by atoms with Gasteiger partial charge in [0.25, 0.3) is 0 Å². The Balaban J connectivity index is 2.03. The summed E-state index contributed by atoms with van der Waals surface area (Å²) >= 11 is 5.68. The van der Waals surface area contributed by atoms with E-state index in [-0.39, 0.29) is 0 Å². The van der Waals surface area contributed by atoms with Gasteiger partial charge >= 0.3 is 0 Å². The van der Waals surface area contributed by atoms with Crippen molar-refractivity contribution in [3.8, 4) is 0 Å². The highest BCUT2D eigenvalue weighted by molar-refractivity contribution is 6.18. The highest BCUT2D eigenvalue weighted by atomic mass is 35.5. The molecule has 60 valence electrons. The van der Waals surface area contributed by atoms with E-state index in [9.17, 15) is 0 Å². The standard InChI is InChI=1S/C8H16ClN/c1-7(2)4-10-5-8(3-9)6-10/h7-8H,3-6H2,1-2H3. The number of rotatable bonds is 3. The molecule has 1 aliphatic rings. The maximum absolute atomic E-state index is 5.68. The molecule has 1 rings (SSSR count). The molecule has 10 heavy (non-hydrogen) atoms. The molecule has 2 heteroatoms. The van der Waals surface area contributed by atoms with Crippen LogP contribution in [-0.4, -0.2) is 30.4 Å². The van der Waals surface area contributed by atoms with Crippen molar-refractivity contribution in [3.05, 3.63) is 0 Å². The molecule has 1 heterocycles. The van der Waals surface area contributed by atoms with E-state index in [2.05, 4.69) is 18.7 Å². The van der Waals surface area contributed by atoms with Crippen LogP contribution in [0.1, 0.15) is 13.8 Å². The van der Waals surface area contributed by atoms with Crippen LogP contribution in [-0.2, 0) is 0 Å². The number of alkyl halides is 1. The summed E-state index contributed by atoms with van der Waals surface area (Å²) in [6.45, 7) is 8.21. The smallest absolute Gasteiger partial charge is 0.0276 e. The predicted molar refractivity (Wildman–Crippen MR) is 45.5 cm³/mol. The van der Waals surface area contributed by atoms with Gasteiger partial charge in [-0.3, -0.25) is 0 Å². The van der Waals surface area contributed by atoms with Crippen molar-refractivity contribution in [2.75, 3.05) is 25.5 Å². The van der Waals surface area contributed by atoms with Gasteiger partial charge in [-0.25, -0.2) is 0 Å². The van der Waals surface area contributed by atoms with E-state index < -0.39 is 0 Å². The minimum Gasteiger partial charge on any atom is -0.302 e. The van der Waals surface area contributed by atoms with E-state index >= 15 is 0 Å². The van der Waals surface area contributed by atoms with Crippen LogP contribution in [0.25, 0.3) is 0 Å². The zero-order valence-corrected chi connectivity index (χ0v) is 7.56. The first-order chi connectivity index (χ1) is 4.72. The van der Waals surface area contributed by atoms with Gasteiger partial charge in [-0.2, -0.15) is 0 Å². The molecule has 1 aliphatic heterocycles. The summed E-state index contributed by atoms with van der Waals surface area (Å²) in [5.41, 5.74) is 0. The van der Waals surface area contributed by atoms with Crippen molar-refractivity contribution in [2.45, 2.75) is 13.8 Å². The minimum atomic E-state index is 0.778. The summed E-state index contributed by atoms with van der Waals surface area (Å²) in [6, 6.07) is 0. The van der Waals surface area contributed by atoms with Crippen LogP contribution in [0.3, 0.4) is 0 Å². The second kappa shape index (κ2) is 3.59. The van der Waals surface area contributed by atoms with Gasteiger partial charge in [0.2, 0.25) is 0 Å². The Morgan fingerprint density at radius 1 is 1.50 bits per heavy atom. The van der Waals surface area contributed by atoms with E-state index in [1.807, 2.05) is 0 Å². The fraction of sp³-hybridized carbons (Fsp3) is 1.00. The second-order valence-corrected chi connectivity index (χ2v) is 3.94. The third kappa shape index (κ3) is 2.14. The fourth-order valence-electron chi connectivity index (χ4n) is 1.44. The average Bonchev–Trinajstić information content (AvgIpc) is 1.76. The molecule has 0 aromatic rings. The maximum Gasteiger partial charge on any atom is 0.0276 e. The minimum absolute atomic E-state index is 0.778. The van der Waals surface area contributed by atoms with Gasteiger partial charge in [-0.05, 0) is 11.8 Å². The molecule has 0 N–H and O–H groups in total. The molecule has 0 aromatic heterocycles. The van der Waals surface area contributed by atoms with Crippen LogP contribution >= 0.6 is 11.6 Å². The van der Waals surface area contributed by atoms with Crippen molar-refractivity contribution in [1.82, 2.24) is 4.90 Å². The molecule has 0 amide bonds. The lowest BCUT2D eigenvalue weighted by molar-refractivity contribution is 0.101. The summed E-state index contributed by atoms with van der Waals surface area (Å²) in [7, 11) is 0. The molecular formula is C8H16ClN. The lowest BCUT2D eigenvalue weighted by atomic mass is 10.0. The first-order valence-electron chi connectivity index (χ1n) is 4.00. The maximum atomic E-state index is 5.68. The lowest BCUT2D eigenvalue weighted by Crippen LogP contribution is -2.48. The third-order valence-corrected chi connectivity index (χ3v) is 2.31. The topological polar surface area (TPSA) is 3.24 Å². The monoisotopic (exact) mass is 161 g/mol. The first kappa shape index (κ1) is 8.35. The van der Waals surface area contributed by atoms with Crippen LogP contribution in [0.2, 0.25) is 0 Å². The van der Waals surface area contributed by atoms with E-state index in [1.165, 1.54) is 19.6 Å². The Hall–Kier alpha value is 0.250. The molecule has 0 saturated carbocycles. The summed E-state index contributed by atoms with van der Waals surface area (Å²) in [5, 5.41) is 0. The highest BCUT2D eigenvalue weighted by Crippen LogP contribution is 2.17. The molecule has 0 spiro atoms. The average molecular weight is 162 g/mol. The quantitative estimate of drug-likeness (QED) is 0.571. The van der Waals surface area contributed by atoms with Gasteiger partial charge in [-0.15, -0.1) is 11.6 Å². The lowest BCUT2D eigenvalue weighted by Gasteiger charge is -2.39. The van der Waals surface area contributed by atoms with E-state index in [4.69, 9.17) is 11.6 Å². The zero-order valence-electron chi connectivity index (χ0n) is 6.81. The van der Waals surface area contributed by atoms with E-state index in [1.54, 1.807) is 0 Å². The third-order valence-electron chi connectivity index (χ3n) is 1.87. The Kier molecular flexibility index (Phi) is 2.99. The Morgan fingerprint density at radius 2 is 2.10 bits per heavy atom. The zero-order chi connectivity index (χ0) is 7.56. The molecule has 0 aliphatic carbocycles. The number of hydrogen-bond donors (Lipinski definition) is 0. The summed E-state index contributed by atoms with van der Waals surface area (Å²) < 4.78 is 0. The molecular weight excluding hydrogens is 146 g/mol. The Morgan fingerprint density at radius 3 is 2.50 bits per heavy atom. The first-order valence-corrected chi connectivity index (χ1v) is 4.54. The molecule has 0 aromatic carbocycles. The van der Waals surface area contributed by atoms with Crippen LogP contribution in [0.4, 0.5) is 0 Å². The Labute approximate surface area is 68.4 Å². The number of hydrogen-bond acceptors (Lipinski definition) is 1. The molecule has 0 atom stereocenters. The van der Waals surface area contributed by atoms with Gasteiger partial charge in [0.05, 0.1) is 0 Å². The van der Waals surface area contributed by atoms with Gasteiger partial charge in [0.15, 0.2) is 0 Å². The van der Waals surface area contributed by atoms with E-state index in [0.717, 1.165) is 17.7 Å². The SMILES string of the molecule is CC(C)CN1CC(CCl)C1. The normalized spacial score (nSPS) is 21.6.